The summed E-state index contributed by atoms with van der Waals surface area (Å²) >= 11 is 0. The van der Waals surface area contributed by atoms with Gasteiger partial charge < -0.3 is 0 Å². The smallest absolute Gasteiger partial charge is 0.0225 e. The SMILES string of the molecule is CC1=C(c2ccc(C)cc2)CCC(C2CCCCC2)C1. The van der Waals surface area contributed by atoms with Gasteiger partial charge in [-0.15, -0.1) is 0 Å². The lowest BCUT2D eigenvalue weighted by Crippen LogP contribution is -2.21. The number of benzene rings is 1. The lowest BCUT2D eigenvalue weighted by Gasteiger charge is -2.34. The van der Waals surface area contributed by atoms with Crippen LogP contribution >= 0.6 is 0 Å². The Morgan fingerprint density at radius 3 is 2.15 bits per heavy atom. The highest BCUT2D eigenvalue weighted by atomic mass is 14.3. The minimum Gasteiger partial charge on any atom is -0.0692 e. The van der Waals surface area contributed by atoms with Crippen molar-refractivity contribution in [1.82, 2.24) is 0 Å². The van der Waals surface area contributed by atoms with Gasteiger partial charge in [0.1, 0.15) is 0 Å². The molecular weight excluding hydrogens is 240 g/mol. The number of hydrogen-bond donors (Lipinski definition) is 0. The van der Waals surface area contributed by atoms with E-state index >= 15 is 0 Å². The molecule has 2 aliphatic rings. The molecule has 0 aliphatic heterocycles. The summed E-state index contributed by atoms with van der Waals surface area (Å²) < 4.78 is 0. The Morgan fingerprint density at radius 1 is 0.800 bits per heavy atom. The molecule has 0 saturated heterocycles. The topological polar surface area (TPSA) is 0 Å². The first-order valence-electron chi connectivity index (χ1n) is 8.49. The molecule has 108 valence electrons. The Balaban J connectivity index is 1.73. The molecule has 0 N–H and O–H groups in total. The van der Waals surface area contributed by atoms with Crippen molar-refractivity contribution in [2.24, 2.45) is 11.8 Å². The molecule has 1 unspecified atom stereocenters. The fourth-order valence-electron chi connectivity index (χ4n) is 4.32. The average molecular weight is 268 g/mol. The van der Waals surface area contributed by atoms with E-state index < -0.39 is 0 Å². The Kier molecular flexibility index (Phi) is 4.29. The van der Waals surface area contributed by atoms with Crippen molar-refractivity contribution >= 4 is 5.57 Å². The zero-order valence-electron chi connectivity index (χ0n) is 13.1. The van der Waals surface area contributed by atoms with Crippen LogP contribution in [0.5, 0.6) is 0 Å². The molecule has 2 aliphatic carbocycles. The van der Waals surface area contributed by atoms with Gasteiger partial charge in [-0.2, -0.15) is 0 Å². The summed E-state index contributed by atoms with van der Waals surface area (Å²) in [5, 5.41) is 0. The Hall–Kier alpha value is -1.04. The summed E-state index contributed by atoms with van der Waals surface area (Å²) in [6, 6.07) is 9.13. The summed E-state index contributed by atoms with van der Waals surface area (Å²) in [4.78, 5) is 0. The molecule has 1 aromatic carbocycles. The molecule has 1 fully saturated rings. The molecule has 0 radical (unpaired) electrons. The quantitative estimate of drug-likeness (QED) is 0.603. The van der Waals surface area contributed by atoms with Crippen LogP contribution in [0, 0.1) is 18.8 Å². The first-order valence-corrected chi connectivity index (χ1v) is 8.49. The third-order valence-electron chi connectivity index (χ3n) is 5.57. The van der Waals surface area contributed by atoms with Crippen molar-refractivity contribution in [3.8, 4) is 0 Å². The van der Waals surface area contributed by atoms with Gasteiger partial charge in [-0.05, 0) is 56.1 Å². The number of rotatable bonds is 2. The average Bonchev–Trinajstić information content (AvgIpc) is 2.49. The van der Waals surface area contributed by atoms with Crippen LogP contribution in [-0.4, -0.2) is 0 Å². The van der Waals surface area contributed by atoms with Crippen molar-refractivity contribution < 1.29 is 0 Å². The molecule has 1 atom stereocenters. The van der Waals surface area contributed by atoms with Crippen LogP contribution in [0.15, 0.2) is 29.8 Å². The van der Waals surface area contributed by atoms with E-state index in [0.29, 0.717) is 0 Å². The highest BCUT2D eigenvalue weighted by molar-refractivity contribution is 5.69. The third kappa shape index (κ3) is 3.00. The maximum Gasteiger partial charge on any atom is -0.0225 e. The number of hydrogen-bond acceptors (Lipinski definition) is 0. The maximum absolute atomic E-state index is 2.38. The molecule has 1 saturated carbocycles. The monoisotopic (exact) mass is 268 g/mol. The minimum absolute atomic E-state index is 0.976. The standard InChI is InChI=1S/C20H28/c1-15-8-10-18(11-9-15)20-13-12-19(14-16(20)2)17-6-4-3-5-7-17/h8-11,17,19H,3-7,12-14H2,1-2H3. The van der Waals surface area contributed by atoms with Gasteiger partial charge in [-0.1, -0.05) is 67.5 Å². The maximum atomic E-state index is 2.38. The van der Waals surface area contributed by atoms with Crippen molar-refractivity contribution in [1.29, 1.82) is 0 Å². The lowest BCUT2D eigenvalue weighted by atomic mass is 9.71. The van der Waals surface area contributed by atoms with E-state index in [-0.39, 0.29) is 0 Å². The zero-order chi connectivity index (χ0) is 13.9. The van der Waals surface area contributed by atoms with Crippen molar-refractivity contribution in [3.63, 3.8) is 0 Å². The van der Waals surface area contributed by atoms with Crippen LogP contribution in [0.4, 0.5) is 0 Å². The fourth-order valence-corrected chi connectivity index (χ4v) is 4.32. The summed E-state index contributed by atoms with van der Waals surface area (Å²) in [7, 11) is 0. The molecule has 3 rings (SSSR count). The molecule has 0 heterocycles. The molecule has 0 nitrogen and oxygen atoms in total. The van der Waals surface area contributed by atoms with Crippen LogP contribution in [-0.2, 0) is 0 Å². The zero-order valence-corrected chi connectivity index (χ0v) is 13.1. The van der Waals surface area contributed by atoms with E-state index in [4.69, 9.17) is 0 Å². The van der Waals surface area contributed by atoms with Crippen LogP contribution < -0.4 is 0 Å². The molecule has 0 bridgehead atoms. The number of aryl methyl sites for hydroxylation is 1. The predicted molar refractivity (Wildman–Crippen MR) is 87.7 cm³/mol. The van der Waals surface area contributed by atoms with Crippen molar-refractivity contribution in [2.75, 3.05) is 0 Å². The molecule has 0 amide bonds. The van der Waals surface area contributed by atoms with E-state index in [1.54, 1.807) is 11.1 Å². The highest BCUT2D eigenvalue weighted by Gasteiger charge is 2.27. The predicted octanol–water partition coefficient (Wildman–Crippen LogP) is 6.15. The Labute approximate surface area is 124 Å². The first kappa shape index (κ1) is 13.9. The van der Waals surface area contributed by atoms with Gasteiger partial charge in [0.15, 0.2) is 0 Å². The lowest BCUT2D eigenvalue weighted by molar-refractivity contribution is 0.231. The van der Waals surface area contributed by atoms with E-state index in [1.165, 1.54) is 62.5 Å². The first-order chi connectivity index (χ1) is 9.74. The second-order valence-corrected chi connectivity index (χ2v) is 7.03. The van der Waals surface area contributed by atoms with Crippen LogP contribution in [0.25, 0.3) is 5.57 Å². The van der Waals surface area contributed by atoms with Crippen LogP contribution in [0.3, 0.4) is 0 Å². The second-order valence-electron chi connectivity index (χ2n) is 7.03. The van der Waals surface area contributed by atoms with Crippen LogP contribution in [0.2, 0.25) is 0 Å². The molecule has 0 heteroatoms. The summed E-state index contributed by atoms with van der Waals surface area (Å²) in [6.07, 6.45) is 11.5. The van der Waals surface area contributed by atoms with Crippen molar-refractivity contribution in [3.05, 3.63) is 41.0 Å². The van der Waals surface area contributed by atoms with E-state index in [1.807, 2.05) is 0 Å². The van der Waals surface area contributed by atoms with E-state index in [0.717, 1.165) is 11.8 Å². The van der Waals surface area contributed by atoms with Gasteiger partial charge in [0.2, 0.25) is 0 Å². The molecule has 0 aromatic heterocycles. The van der Waals surface area contributed by atoms with Gasteiger partial charge in [0.05, 0.1) is 0 Å². The van der Waals surface area contributed by atoms with Gasteiger partial charge in [0.25, 0.3) is 0 Å². The molecule has 0 spiro atoms. The van der Waals surface area contributed by atoms with E-state index in [2.05, 4.69) is 38.1 Å². The van der Waals surface area contributed by atoms with Gasteiger partial charge >= 0.3 is 0 Å². The summed E-state index contributed by atoms with van der Waals surface area (Å²) in [5.74, 6) is 2.00. The van der Waals surface area contributed by atoms with E-state index in [9.17, 15) is 0 Å². The molecule has 1 aromatic rings. The van der Waals surface area contributed by atoms with Crippen molar-refractivity contribution in [2.45, 2.75) is 65.2 Å². The second kappa shape index (κ2) is 6.16. The molecule has 20 heavy (non-hydrogen) atoms. The Bertz CT molecular complexity index is 471. The highest BCUT2D eigenvalue weighted by Crippen LogP contribution is 2.42. The fraction of sp³-hybridized carbons (Fsp3) is 0.600. The van der Waals surface area contributed by atoms with Gasteiger partial charge in [0, 0.05) is 0 Å². The van der Waals surface area contributed by atoms with Gasteiger partial charge in [-0.25, -0.2) is 0 Å². The number of allylic oxidation sites excluding steroid dienone is 2. The van der Waals surface area contributed by atoms with Gasteiger partial charge in [-0.3, -0.25) is 0 Å². The molecular formula is C20H28. The summed E-state index contributed by atoms with van der Waals surface area (Å²) in [5.41, 5.74) is 6.13. The third-order valence-corrected chi connectivity index (χ3v) is 5.57. The summed E-state index contributed by atoms with van der Waals surface area (Å²) in [6.45, 7) is 4.55. The Morgan fingerprint density at radius 2 is 1.50 bits per heavy atom. The minimum atomic E-state index is 0.976. The van der Waals surface area contributed by atoms with Crippen LogP contribution in [0.1, 0.15) is 69.4 Å². The normalized spacial score (nSPS) is 25.0. The largest absolute Gasteiger partial charge is 0.0692 e.